The van der Waals surface area contributed by atoms with Crippen LogP contribution in [0, 0.1) is 17.8 Å². The Kier molecular flexibility index (Phi) is 8.81. The molecule has 0 spiro atoms. The normalized spacial score (nSPS) is 22.8. The minimum atomic E-state index is 0.141. The number of hydrogen-bond donors (Lipinski definition) is 2. The Bertz CT molecular complexity index is 1000. The molecule has 2 aliphatic carbocycles. The Balaban J connectivity index is 1.08. The van der Waals surface area contributed by atoms with Crippen molar-refractivity contribution in [3.63, 3.8) is 0 Å². The van der Waals surface area contributed by atoms with E-state index in [-0.39, 0.29) is 5.91 Å². The van der Waals surface area contributed by atoms with Crippen LogP contribution in [0.2, 0.25) is 0 Å². The fourth-order valence-electron chi connectivity index (χ4n) is 6.22. The second-order valence-corrected chi connectivity index (χ2v) is 11.3. The maximum atomic E-state index is 12.2. The maximum absolute atomic E-state index is 12.2. The van der Waals surface area contributed by atoms with Crippen molar-refractivity contribution in [1.29, 1.82) is 0 Å². The highest BCUT2D eigenvalue weighted by molar-refractivity contribution is 5.76. The number of hydrogen-bond acceptors (Lipinski definition) is 4. The van der Waals surface area contributed by atoms with Crippen LogP contribution in [0.1, 0.15) is 81.8 Å². The standard InChI is InChI=1S/C31H42N4O/c36-30(33-20-26-16-17-32-19-26)15-10-23-6-13-28(14-7-23)31-34-21-29(22-35-31)27-11-8-25(9-12-27)18-24-4-2-1-3-5-24/h6-7,11,13-14,21-22,24-26,32H,1-5,8-10,12,15-20H2,(H,33,36)/t25-,26?/m0/s1. The second kappa shape index (κ2) is 12.6. The van der Waals surface area contributed by atoms with Crippen LogP contribution < -0.4 is 10.6 Å². The van der Waals surface area contributed by atoms with Gasteiger partial charge in [-0.15, -0.1) is 0 Å². The molecule has 5 nitrogen and oxygen atoms in total. The highest BCUT2D eigenvalue weighted by Gasteiger charge is 2.21. The van der Waals surface area contributed by atoms with E-state index in [0.29, 0.717) is 12.3 Å². The first kappa shape index (κ1) is 25.1. The van der Waals surface area contributed by atoms with Gasteiger partial charge in [0.2, 0.25) is 5.91 Å². The van der Waals surface area contributed by atoms with Crippen LogP contribution in [0.3, 0.4) is 0 Å². The van der Waals surface area contributed by atoms with E-state index < -0.39 is 0 Å². The SMILES string of the molecule is O=C(CCc1ccc(-c2ncc(C3=CC[C@H](CC4CCCCC4)CC3)cn2)cc1)NCC1CCNC1. The molecule has 0 radical (unpaired) electrons. The number of benzene rings is 1. The molecule has 0 bridgehead atoms. The first-order valence-electron chi connectivity index (χ1n) is 14.3. The van der Waals surface area contributed by atoms with Crippen LogP contribution in [-0.4, -0.2) is 35.5 Å². The first-order chi connectivity index (χ1) is 17.7. The molecule has 1 saturated carbocycles. The van der Waals surface area contributed by atoms with Crippen LogP contribution >= 0.6 is 0 Å². The summed E-state index contributed by atoms with van der Waals surface area (Å²) in [5.41, 5.74) is 4.78. The molecule has 2 heterocycles. The molecule has 2 aromatic rings. The third kappa shape index (κ3) is 7.03. The van der Waals surface area contributed by atoms with Crippen molar-refractivity contribution in [2.24, 2.45) is 17.8 Å². The molecular weight excluding hydrogens is 444 g/mol. The Labute approximate surface area is 216 Å². The van der Waals surface area contributed by atoms with E-state index >= 15 is 0 Å². The van der Waals surface area contributed by atoms with E-state index in [1.807, 2.05) is 12.4 Å². The maximum Gasteiger partial charge on any atom is 0.220 e. The summed E-state index contributed by atoms with van der Waals surface area (Å²) < 4.78 is 0. The number of nitrogens with zero attached hydrogens (tertiary/aromatic N) is 2. The van der Waals surface area contributed by atoms with E-state index in [9.17, 15) is 4.79 Å². The molecule has 1 unspecified atom stereocenters. The Hall–Kier alpha value is -2.53. The molecule has 36 heavy (non-hydrogen) atoms. The highest BCUT2D eigenvalue weighted by atomic mass is 16.1. The van der Waals surface area contributed by atoms with Gasteiger partial charge in [-0.1, -0.05) is 62.4 Å². The number of aromatic nitrogens is 2. The van der Waals surface area contributed by atoms with Crippen molar-refractivity contribution in [2.75, 3.05) is 19.6 Å². The first-order valence-corrected chi connectivity index (χ1v) is 14.3. The average molecular weight is 487 g/mol. The summed E-state index contributed by atoms with van der Waals surface area (Å²) >= 11 is 0. The fraction of sp³-hybridized carbons (Fsp3) is 0.581. The fourth-order valence-corrected chi connectivity index (χ4v) is 6.22. The van der Waals surface area contributed by atoms with E-state index in [1.54, 1.807) is 0 Å². The van der Waals surface area contributed by atoms with Crippen LogP contribution in [0.4, 0.5) is 0 Å². The molecule has 2 N–H and O–H groups in total. The van der Waals surface area contributed by atoms with Crippen LogP contribution in [0.5, 0.6) is 0 Å². The average Bonchev–Trinajstić information content (AvgIpc) is 3.46. The number of rotatable bonds is 9. The molecule has 1 amide bonds. The predicted octanol–water partition coefficient (Wildman–Crippen LogP) is 5.96. The van der Waals surface area contributed by atoms with E-state index in [2.05, 4.69) is 50.9 Å². The van der Waals surface area contributed by atoms with Gasteiger partial charge >= 0.3 is 0 Å². The van der Waals surface area contributed by atoms with Crippen LogP contribution in [0.15, 0.2) is 42.7 Å². The van der Waals surface area contributed by atoms with Crippen LogP contribution in [-0.2, 0) is 11.2 Å². The third-order valence-corrected chi connectivity index (χ3v) is 8.54. The van der Waals surface area contributed by atoms with Crippen molar-refractivity contribution in [3.8, 4) is 11.4 Å². The van der Waals surface area contributed by atoms with E-state index in [0.717, 1.165) is 62.1 Å². The zero-order chi connectivity index (χ0) is 24.6. The number of carbonyl (C=O) groups is 1. The molecule has 1 aromatic heterocycles. The van der Waals surface area contributed by atoms with Gasteiger partial charge in [-0.25, -0.2) is 9.97 Å². The molecule has 2 fully saturated rings. The zero-order valence-corrected chi connectivity index (χ0v) is 21.7. The second-order valence-electron chi connectivity index (χ2n) is 11.3. The highest BCUT2D eigenvalue weighted by Crippen LogP contribution is 2.37. The van der Waals surface area contributed by atoms with Crippen LogP contribution in [0.25, 0.3) is 17.0 Å². The number of nitrogens with one attached hydrogen (secondary N) is 2. The van der Waals surface area contributed by atoms with E-state index in [1.165, 1.54) is 68.1 Å². The van der Waals surface area contributed by atoms with Crippen molar-refractivity contribution in [2.45, 2.75) is 77.0 Å². The van der Waals surface area contributed by atoms with Gasteiger partial charge in [0.1, 0.15) is 0 Å². The number of amides is 1. The lowest BCUT2D eigenvalue weighted by atomic mass is 9.77. The third-order valence-electron chi connectivity index (χ3n) is 8.54. The van der Waals surface area contributed by atoms with Gasteiger partial charge in [-0.3, -0.25) is 4.79 Å². The van der Waals surface area contributed by atoms with Gasteiger partial charge in [-0.05, 0) is 80.5 Å². The molecule has 1 aromatic carbocycles. The van der Waals surface area contributed by atoms with Crippen molar-refractivity contribution >= 4 is 11.5 Å². The minimum absolute atomic E-state index is 0.141. The van der Waals surface area contributed by atoms with Crippen molar-refractivity contribution in [1.82, 2.24) is 20.6 Å². The lowest BCUT2D eigenvalue weighted by Crippen LogP contribution is -2.30. The molecule has 1 saturated heterocycles. The number of carbonyl (C=O) groups excluding carboxylic acids is 1. The summed E-state index contributed by atoms with van der Waals surface area (Å²) in [6.45, 7) is 2.87. The summed E-state index contributed by atoms with van der Waals surface area (Å²) in [6.07, 6.45) is 21.2. The lowest BCUT2D eigenvalue weighted by Gasteiger charge is -2.28. The topological polar surface area (TPSA) is 66.9 Å². The Morgan fingerprint density at radius 1 is 0.917 bits per heavy atom. The summed E-state index contributed by atoms with van der Waals surface area (Å²) in [7, 11) is 0. The Morgan fingerprint density at radius 3 is 2.42 bits per heavy atom. The molecule has 5 rings (SSSR count). The molecular formula is C31H42N4O. The summed E-state index contributed by atoms with van der Waals surface area (Å²) in [4.78, 5) is 21.5. The van der Waals surface area contributed by atoms with Gasteiger partial charge in [-0.2, -0.15) is 0 Å². The number of aryl methyl sites for hydroxylation is 1. The van der Waals surface area contributed by atoms with Gasteiger partial charge in [0.25, 0.3) is 0 Å². The number of allylic oxidation sites excluding steroid dienone is 2. The van der Waals surface area contributed by atoms with Crippen molar-refractivity contribution < 1.29 is 4.79 Å². The molecule has 192 valence electrons. The summed E-state index contributed by atoms with van der Waals surface area (Å²) in [5, 5.41) is 6.42. The Morgan fingerprint density at radius 2 is 1.72 bits per heavy atom. The van der Waals surface area contributed by atoms with E-state index in [4.69, 9.17) is 0 Å². The molecule has 3 aliphatic rings. The summed E-state index contributed by atoms with van der Waals surface area (Å²) in [5.74, 6) is 3.33. The van der Waals surface area contributed by atoms with Gasteiger partial charge in [0.05, 0.1) is 0 Å². The quantitative estimate of drug-likeness (QED) is 0.459. The van der Waals surface area contributed by atoms with Gasteiger partial charge in [0.15, 0.2) is 5.82 Å². The largest absolute Gasteiger partial charge is 0.356 e. The summed E-state index contributed by atoms with van der Waals surface area (Å²) in [6, 6.07) is 8.33. The molecule has 5 heteroatoms. The monoisotopic (exact) mass is 486 g/mol. The molecule has 1 aliphatic heterocycles. The lowest BCUT2D eigenvalue weighted by molar-refractivity contribution is -0.121. The zero-order valence-electron chi connectivity index (χ0n) is 21.7. The smallest absolute Gasteiger partial charge is 0.220 e. The molecule has 2 atom stereocenters. The predicted molar refractivity (Wildman–Crippen MR) is 146 cm³/mol. The van der Waals surface area contributed by atoms with Gasteiger partial charge < -0.3 is 10.6 Å². The van der Waals surface area contributed by atoms with Gasteiger partial charge in [0, 0.05) is 36.5 Å². The van der Waals surface area contributed by atoms with Crippen molar-refractivity contribution in [3.05, 3.63) is 53.9 Å². The minimum Gasteiger partial charge on any atom is -0.356 e.